The van der Waals surface area contributed by atoms with Crippen LogP contribution in [-0.2, 0) is 4.79 Å². The van der Waals surface area contributed by atoms with Crippen LogP contribution in [-0.4, -0.2) is 67.5 Å². The van der Waals surface area contributed by atoms with Crippen LogP contribution in [0.2, 0.25) is 0 Å². The summed E-state index contributed by atoms with van der Waals surface area (Å²) in [5.41, 5.74) is 0.664. The van der Waals surface area contributed by atoms with E-state index in [0.29, 0.717) is 38.3 Å². The van der Waals surface area contributed by atoms with Crippen molar-refractivity contribution in [3.63, 3.8) is 0 Å². The highest BCUT2D eigenvalue weighted by molar-refractivity contribution is 5.94. The van der Waals surface area contributed by atoms with Gasteiger partial charge in [-0.1, -0.05) is 0 Å². The zero-order valence-corrected chi connectivity index (χ0v) is 15.3. The molecule has 0 spiro atoms. The average Bonchev–Trinajstić information content (AvgIpc) is 2.54. The van der Waals surface area contributed by atoms with Crippen molar-refractivity contribution in [1.29, 1.82) is 0 Å². The number of carbonyl (C=O) groups excluding carboxylic acids is 2. The molecule has 134 valence electrons. The van der Waals surface area contributed by atoms with Crippen molar-refractivity contribution < 1.29 is 14.3 Å². The molecule has 0 aliphatic carbocycles. The predicted octanol–water partition coefficient (Wildman–Crippen LogP) is 1.40. The summed E-state index contributed by atoms with van der Waals surface area (Å²) < 4.78 is 5.10. The minimum absolute atomic E-state index is 0. The molecule has 7 heteroatoms. The summed E-state index contributed by atoms with van der Waals surface area (Å²) in [6.07, 6.45) is 0. The standard InChI is InChI=1S/C17H25N3O3.ClH/c1-13(2)18-16(21)12-19-8-10-20(11-9-19)17(22)14-4-6-15(23-3)7-5-14;/h4-7,13H,8-12H2,1-3H3,(H,18,21);1H. The number of nitrogens with zero attached hydrogens (tertiary/aromatic N) is 2. The molecule has 1 heterocycles. The molecule has 0 atom stereocenters. The van der Waals surface area contributed by atoms with E-state index in [2.05, 4.69) is 10.2 Å². The van der Waals surface area contributed by atoms with Gasteiger partial charge in [0.25, 0.3) is 5.91 Å². The molecule has 0 aromatic heterocycles. The molecule has 2 rings (SSSR count). The van der Waals surface area contributed by atoms with E-state index >= 15 is 0 Å². The molecule has 0 radical (unpaired) electrons. The Labute approximate surface area is 149 Å². The number of hydrogen-bond donors (Lipinski definition) is 1. The third kappa shape index (κ3) is 5.69. The second-order valence-electron chi connectivity index (χ2n) is 6.02. The lowest BCUT2D eigenvalue weighted by molar-refractivity contribution is -0.123. The number of hydrogen-bond acceptors (Lipinski definition) is 4. The highest BCUT2D eigenvalue weighted by Crippen LogP contribution is 2.14. The maximum Gasteiger partial charge on any atom is 0.253 e. The van der Waals surface area contributed by atoms with Gasteiger partial charge in [0.05, 0.1) is 13.7 Å². The first-order chi connectivity index (χ1) is 11.0. The Hall–Kier alpha value is -1.79. The predicted molar refractivity (Wildman–Crippen MR) is 95.9 cm³/mol. The van der Waals surface area contributed by atoms with Crippen molar-refractivity contribution >= 4 is 24.2 Å². The van der Waals surface area contributed by atoms with Crippen LogP contribution in [0.5, 0.6) is 5.75 Å². The highest BCUT2D eigenvalue weighted by Gasteiger charge is 2.23. The maximum absolute atomic E-state index is 12.5. The fourth-order valence-corrected chi connectivity index (χ4v) is 2.60. The Balaban J connectivity index is 0.00000288. The number of carbonyl (C=O) groups is 2. The van der Waals surface area contributed by atoms with Gasteiger partial charge in [0.2, 0.25) is 5.91 Å². The Morgan fingerprint density at radius 3 is 2.21 bits per heavy atom. The number of rotatable bonds is 5. The zero-order valence-electron chi connectivity index (χ0n) is 14.4. The number of benzene rings is 1. The van der Waals surface area contributed by atoms with Gasteiger partial charge in [0.1, 0.15) is 5.75 Å². The molecule has 1 aromatic rings. The molecular formula is C17H26ClN3O3. The molecule has 1 aliphatic heterocycles. The number of amides is 2. The van der Waals surface area contributed by atoms with Crippen LogP contribution >= 0.6 is 12.4 Å². The topological polar surface area (TPSA) is 61.9 Å². The van der Waals surface area contributed by atoms with Crippen LogP contribution in [0.25, 0.3) is 0 Å². The van der Waals surface area contributed by atoms with Gasteiger partial charge in [-0.2, -0.15) is 0 Å². The Bertz CT molecular complexity index is 541. The van der Waals surface area contributed by atoms with Gasteiger partial charge in [-0.25, -0.2) is 0 Å². The second-order valence-corrected chi connectivity index (χ2v) is 6.02. The molecule has 1 aliphatic rings. The first kappa shape index (κ1) is 20.3. The van der Waals surface area contributed by atoms with Gasteiger partial charge in [-0.3, -0.25) is 14.5 Å². The van der Waals surface area contributed by atoms with E-state index in [1.165, 1.54) is 0 Å². The normalized spacial score (nSPS) is 14.9. The lowest BCUT2D eigenvalue weighted by atomic mass is 10.1. The average molecular weight is 356 g/mol. The molecular weight excluding hydrogens is 330 g/mol. The van der Waals surface area contributed by atoms with Crippen molar-refractivity contribution in [2.24, 2.45) is 0 Å². The largest absolute Gasteiger partial charge is 0.497 e. The summed E-state index contributed by atoms with van der Waals surface area (Å²) in [6, 6.07) is 7.30. The van der Waals surface area contributed by atoms with Crippen LogP contribution in [0.15, 0.2) is 24.3 Å². The molecule has 1 fully saturated rings. The molecule has 0 bridgehead atoms. The quantitative estimate of drug-likeness (QED) is 0.867. The number of ether oxygens (including phenoxy) is 1. The van der Waals surface area contributed by atoms with E-state index in [4.69, 9.17) is 4.74 Å². The zero-order chi connectivity index (χ0) is 16.8. The van der Waals surface area contributed by atoms with Crippen LogP contribution in [0.1, 0.15) is 24.2 Å². The smallest absolute Gasteiger partial charge is 0.253 e. The minimum Gasteiger partial charge on any atom is -0.497 e. The molecule has 2 amide bonds. The van der Waals surface area contributed by atoms with Crippen molar-refractivity contribution in [3.8, 4) is 5.75 Å². The van der Waals surface area contributed by atoms with Crippen LogP contribution in [0.3, 0.4) is 0 Å². The Kier molecular flexibility index (Phi) is 8.01. The van der Waals surface area contributed by atoms with Crippen LogP contribution in [0, 0.1) is 0 Å². The Morgan fingerprint density at radius 1 is 1.12 bits per heavy atom. The molecule has 1 N–H and O–H groups in total. The number of methoxy groups -OCH3 is 1. The van der Waals surface area contributed by atoms with Crippen molar-refractivity contribution in [1.82, 2.24) is 15.1 Å². The van der Waals surface area contributed by atoms with Gasteiger partial charge in [0, 0.05) is 37.8 Å². The van der Waals surface area contributed by atoms with Gasteiger partial charge in [-0.15, -0.1) is 12.4 Å². The van der Waals surface area contributed by atoms with E-state index in [9.17, 15) is 9.59 Å². The van der Waals surface area contributed by atoms with E-state index < -0.39 is 0 Å². The van der Waals surface area contributed by atoms with Gasteiger partial charge in [0.15, 0.2) is 0 Å². The van der Waals surface area contributed by atoms with E-state index in [1.807, 2.05) is 18.7 Å². The number of piperazine rings is 1. The minimum atomic E-state index is 0. The molecule has 1 aromatic carbocycles. The summed E-state index contributed by atoms with van der Waals surface area (Å²) in [7, 11) is 1.60. The SMILES string of the molecule is COc1ccc(C(=O)N2CCN(CC(=O)NC(C)C)CC2)cc1.Cl. The third-order valence-electron chi connectivity index (χ3n) is 3.81. The van der Waals surface area contributed by atoms with Crippen molar-refractivity contribution in [3.05, 3.63) is 29.8 Å². The van der Waals surface area contributed by atoms with Crippen molar-refractivity contribution in [2.75, 3.05) is 39.8 Å². The molecule has 0 saturated carbocycles. The molecule has 0 unspecified atom stereocenters. The lowest BCUT2D eigenvalue weighted by Gasteiger charge is -2.34. The van der Waals surface area contributed by atoms with E-state index in [-0.39, 0.29) is 30.3 Å². The van der Waals surface area contributed by atoms with E-state index in [1.54, 1.807) is 31.4 Å². The van der Waals surface area contributed by atoms with Crippen LogP contribution < -0.4 is 10.1 Å². The second kappa shape index (κ2) is 9.49. The first-order valence-electron chi connectivity index (χ1n) is 7.94. The third-order valence-corrected chi connectivity index (χ3v) is 3.81. The molecule has 6 nitrogen and oxygen atoms in total. The summed E-state index contributed by atoms with van der Waals surface area (Å²) >= 11 is 0. The fourth-order valence-electron chi connectivity index (χ4n) is 2.60. The number of halogens is 1. The monoisotopic (exact) mass is 355 g/mol. The summed E-state index contributed by atoms with van der Waals surface area (Å²) in [5.74, 6) is 0.802. The van der Waals surface area contributed by atoms with Gasteiger partial charge in [-0.05, 0) is 38.1 Å². The number of nitrogens with one attached hydrogen (secondary N) is 1. The highest BCUT2D eigenvalue weighted by atomic mass is 35.5. The molecule has 24 heavy (non-hydrogen) atoms. The van der Waals surface area contributed by atoms with Gasteiger partial charge < -0.3 is 15.0 Å². The fraction of sp³-hybridized carbons (Fsp3) is 0.529. The van der Waals surface area contributed by atoms with Gasteiger partial charge >= 0.3 is 0 Å². The van der Waals surface area contributed by atoms with Crippen LogP contribution in [0.4, 0.5) is 0 Å². The summed E-state index contributed by atoms with van der Waals surface area (Å²) in [4.78, 5) is 28.1. The Morgan fingerprint density at radius 2 is 1.71 bits per heavy atom. The summed E-state index contributed by atoms with van der Waals surface area (Å²) in [5, 5.41) is 2.89. The molecule has 1 saturated heterocycles. The van der Waals surface area contributed by atoms with E-state index in [0.717, 1.165) is 5.75 Å². The maximum atomic E-state index is 12.5. The summed E-state index contributed by atoms with van der Waals surface area (Å²) in [6.45, 7) is 7.00. The van der Waals surface area contributed by atoms with Crippen molar-refractivity contribution in [2.45, 2.75) is 19.9 Å². The lowest BCUT2D eigenvalue weighted by Crippen LogP contribution is -2.51. The first-order valence-corrected chi connectivity index (χ1v) is 7.94.